The second-order valence-electron chi connectivity index (χ2n) is 9.46. The summed E-state index contributed by atoms with van der Waals surface area (Å²) in [7, 11) is -3.39. The first kappa shape index (κ1) is 25.3. The van der Waals surface area contributed by atoms with Gasteiger partial charge in [0.25, 0.3) is 0 Å². The van der Waals surface area contributed by atoms with Gasteiger partial charge in [-0.25, -0.2) is 26.7 Å². The maximum Gasteiger partial charge on any atom is 0.411 e. The molecule has 2 fully saturated rings. The number of nitrogens with zero attached hydrogens (tertiary/aromatic N) is 3. The summed E-state index contributed by atoms with van der Waals surface area (Å²) >= 11 is 0. The highest BCUT2D eigenvalue weighted by atomic mass is 32.2. The van der Waals surface area contributed by atoms with Gasteiger partial charge >= 0.3 is 12.1 Å². The van der Waals surface area contributed by atoms with E-state index in [0.717, 1.165) is 11.2 Å². The molecule has 2 aliphatic rings. The molecular formula is C19H32FN3O7S. The lowest BCUT2D eigenvalue weighted by Gasteiger charge is -2.46. The fraction of sp³-hybridized carbons (Fsp3) is 0.842. The smallest absolute Gasteiger partial charge is 0.411 e. The fourth-order valence-corrected chi connectivity index (χ4v) is 4.73. The van der Waals surface area contributed by atoms with Crippen LogP contribution in [0.1, 0.15) is 47.0 Å². The zero-order valence-corrected chi connectivity index (χ0v) is 19.4. The van der Waals surface area contributed by atoms with Gasteiger partial charge in [-0.05, 0) is 40.5 Å². The van der Waals surface area contributed by atoms with Crippen LogP contribution in [0, 0.1) is 0 Å². The molecule has 12 heteroatoms. The number of rotatable bonds is 5. The summed E-state index contributed by atoms with van der Waals surface area (Å²) in [4.78, 5) is 39.5. The number of alkyl halides is 1. The Morgan fingerprint density at radius 1 is 1.23 bits per heavy atom. The number of ether oxygens (including phenoxy) is 1. The van der Waals surface area contributed by atoms with Crippen LogP contribution in [-0.2, 0) is 24.3 Å². The van der Waals surface area contributed by atoms with Gasteiger partial charge in [-0.2, -0.15) is 0 Å². The van der Waals surface area contributed by atoms with E-state index in [4.69, 9.17) is 4.74 Å². The van der Waals surface area contributed by atoms with Crippen molar-refractivity contribution in [1.82, 2.24) is 14.1 Å². The number of carbonyl (C=O) groups is 3. The zero-order valence-electron chi connectivity index (χ0n) is 18.6. The number of sulfonamides is 1. The highest BCUT2D eigenvalue weighted by molar-refractivity contribution is 7.88. The Bertz CT molecular complexity index is 819. The number of carboxylic acids is 1. The number of likely N-dealkylation sites (tertiary alicyclic amines) is 1. The number of carbonyl (C=O) groups excluding carboxylic acids is 2. The topological polar surface area (TPSA) is 125 Å². The largest absolute Gasteiger partial charge is 0.480 e. The van der Waals surface area contributed by atoms with Crippen LogP contribution in [0.25, 0.3) is 0 Å². The normalized spacial score (nSPS) is 24.6. The molecule has 0 aromatic heterocycles. The lowest BCUT2D eigenvalue weighted by Crippen LogP contribution is -2.59. The quantitative estimate of drug-likeness (QED) is 0.644. The Balaban J connectivity index is 2.26. The highest BCUT2D eigenvalue weighted by Gasteiger charge is 2.45. The summed E-state index contributed by atoms with van der Waals surface area (Å²) in [6.45, 7) is 6.25. The molecule has 0 aromatic rings. The first-order chi connectivity index (χ1) is 14.0. The predicted molar refractivity (Wildman–Crippen MR) is 110 cm³/mol. The minimum atomic E-state index is -3.39. The van der Waals surface area contributed by atoms with Crippen LogP contribution in [0.3, 0.4) is 0 Å². The summed E-state index contributed by atoms with van der Waals surface area (Å²) in [6.07, 6.45) is -0.875. The van der Waals surface area contributed by atoms with Crippen molar-refractivity contribution in [3.63, 3.8) is 0 Å². The number of hydrogen-bond acceptors (Lipinski definition) is 6. The Labute approximate surface area is 182 Å². The average molecular weight is 466 g/mol. The van der Waals surface area contributed by atoms with Gasteiger partial charge in [-0.3, -0.25) is 9.69 Å². The van der Waals surface area contributed by atoms with Crippen LogP contribution in [0.5, 0.6) is 0 Å². The number of amides is 2. The van der Waals surface area contributed by atoms with Gasteiger partial charge in [0.2, 0.25) is 15.9 Å². The zero-order chi connectivity index (χ0) is 23.8. The summed E-state index contributed by atoms with van der Waals surface area (Å²) in [5.74, 6) is -1.99. The molecule has 0 aliphatic carbocycles. The Morgan fingerprint density at radius 3 is 2.23 bits per heavy atom. The van der Waals surface area contributed by atoms with Crippen molar-refractivity contribution in [2.24, 2.45) is 0 Å². The number of hydrogen-bond donors (Lipinski definition) is 1. The van der Waals surface area contributed by atoms with Gasteiger partial charge in [0.15, 0.2) is 0 Å². The second-order valence-corrected chi connectivity index (χ2v) is 11.4. The van der Waals surface area contributed by atoms with Gasteiger partial charge in [0.1, 0.15) is 24.4 Å². The van der Waals surface area contributed by atoms with E-state index < -0.39 is 57.9 Å². The Morgan fingerprint density at radius 2 is 1.77 bits per heavy atom. The molecule has 2 heterocycles. The third kappa shape index (κ3) is 6.28. The summed E-state index contributed by atoms with van der Waals surface area (Å²) in [6, 6.07) is -1.29. The van der Waals surface area contributed by atoms with E-state index in [2.05, 4.69) is 0 Å². The van der Waals surface area contributed by atoms with E-state index in [1.165, 1.54) is 9.21 Å². The summed E-state index contributed by atoms with van der Waals surface area (Å²) < 4.78 is 44.3. The monoisotopic (exact) mass is 465 g/mol. The molecule has 1 N–H and O–H groups in total. The first-order valence-electron chi connectivity index (χ1n) is 10.2. The van der Waals surface area contributed by atoms with E-state index in [9.17, 15) is 32.3 Å². The number of carboxylic acid groups (broad SMARTS) is 1. The number of piperidine rings is 1. The van der Waals surface area contributed by atoms with E-state index in [0.29, 0.717) is 0 Å². The third-order valence-electron chi connectivity index (χ3n) is 5.68. The molecule has 0 spiro atoms. The van der Waals surface area contributed by atoms with Crippen molar-refractivity contribution in [3.05, 3.63) is 0 Å². The molecule has 0 unspecified atom stereocenters. The van der Waals surface area contributed by atoms with E-state index >= 15 is 0 Å². The van der Waals surface area contributed by atoms with Crippen molar-refractivity contribution < 1.29 is 37.0 Å². The van der Waals surface area contributed by atoms with E-state index in [1.807, 2.05) is 0 Å². The van der Waals surface area contributed by atoms with Crippen molar-refractivity contribution >= 4 is 28.0 Å². The third-order valence-corrected chi connectivity index (χ3v) is 6.99. The van der Waals surface area contributed by atoms with Crippen molar-refractivity contribution in [2.75, 3.05) is 32.4 Å². The highest BCUT2D eigenvalue weighted by Crippen LogP contribution is 2.32. The van der Waals surface area contributed by atoms with Crippen LogP contribution in [0.4, 0.5) is 9.18 Å². The van der Waals surface area contributed by atoms with Gasteiger partial charge in [-0.15, -0.1) is 0 Å². The van der Waals surface area contributed by atoms with Gasteiger partial charge in [0, 0.05) is 25.0 Å². The van der Waals surface area contributed by atoms with Crippen molar-refractivity contribution in [1.29, 1.82) is 0 Å². The molecule has 0 aromatic carbocycles. The molecule has 2 aliphatic heterocycles. The molecule has 178 valence electrons. The van der Waals surface area contributed by atoms with Crippen molar-refractivity contribution in [3.8, 4) is 0 Å². The molecule has 2 saturated heterocycles. The first-order valence-corrected chi connectivity index (χ1v) is 12.0. The van der Waals surface area contributed by atoms with Crippen LogP contribution in [-0.4, -0.2) is 101 Å². The lowest BCUT2D eigenvalue weighted by molar-refractivity contribution is -0.149. The predicted octanol–water partition coefficient (Wildman–Crippen LogP) is 1.06. The molecule has 0 radical (unpaired) electrons. The molecule has 2 atom stereocenters. The minimum absolute atomic E-state index is 0.164. The summed E-state index contributed by atoms with van der Waals surface area (Å²) in [5.41, 5.74) is -1.74. The van der Waals surface area contributed by atoms with Crippen LogP contribution < -0.4 is 0 Å². The van der Waals surface area contributed by atoms with Gasteiger partial charge in [0.05, 0.1) is 12.8 Å². The molecule has 31 heavy (non-hydrogen) atoms. The fourth-order valence-electron chi connectivity index (χ4n) is 3.88. The maximum atomic E-state index is 13.8. The van der Waals surface area contributed by atoms with E-state index in [-0.39, 0.29) is 38.9 Å². The van der Waals surface area contributed by atoms with Crippen LogP contribution in [0.2, 0.25) is 0 Å². The molecule has 2 rings (SSSR count). The van der Waals surface area contributed by atoms with Gasteiger partial charge < -0.3 is 14.7 Å². The number of aliphatic carboxylic acids is 1. The van der Waals surface area contributed by atoms with E-state index in [1.54, 1.807) is 27.7 Å². The van der Waals surface area contributed by atoms with Gasteiger partial charge in [-0.1, -0.05) is 0 Å². The lowest BCUT2D eigenvalue weighted by atomic mass is 9.88. The standard InChI is InChI=1S/C19H32FN3O7S/c1-18(2,3)30-17(27)23(19(4)6-8-21(9-7-19)31(5,28)29)12-15(24)22-11-13(20)10-14(22)16(25)26/h13-14H,6-12H2,1-5H3,(H,25,26)/t13-,14-/m0/s1. The van der Waals surface area contributed by atoms with Crippen LogP contribution in [0.15, 0.2) is 0 Å². The Kier molecular flexibility index (Phi) is 7.26. The summed E-state index contributed by atoms with van der Waals surface area (Å²) in [5, 5.41) is 9.32. The van der Waals surface area contributed by atoms with Crippen LogP contribution >= 0.6 is 0 Å². The molecule has 0 bridgehead atoms. The minimum Gasteiger partial charge on any atom is -0.480 e. The Hall–Kier alpha value is -1.95. The molecule has 2 amide bonds. The second kappa shape index (κ2) is 8.89. The average Bonchev–Trinajstić information content (AvgIpc) is 2.99. The number of halogens is 1. The molecular weight excluding hydrogens is 433 g/mol. The SMILES string of the molecule is CC(C)(C)OC(=O)N(CC(=O)N1C[C@@H](F)C[C@H]1C(=O)O)C1(C)CCN(S(C)(=O)=O)CC1. The van der Waals surface area contributed by atoms with Crippen molar-refractivity contribution in [2.45, 2.75) is 70.3 Å². The molecule has 0 saturated carbocycles. The molecule has 10 nitrogen and oxygen atoms in total. The maximum absolute atomic E-state index is 13.8.